The van der Waals surface area contributed by atoms with Crippen molar-refractivity contribution in [3.8, 4) is 5.75 Å². The fourth-order valence-electron chi connectivity index (χ4n) is 6.30. The van der Waals surface area contributed by atoms with Gasteiger partial charge in [0.2, 0.25) is 0 Å². The molecule has 0 saturated heterocycles. The molecule has 0 radical (unpaired) electrons. The van der Waals surface area contributed by atoms with Crippen molar-refractivity contribution >= 4 is 0 Å². The first-order valence-electron chi connectivity index (χ1n) is 10.9. The second-order valence-electron chi connectivity index (χ2n) is 9.50. The van der Waals surface area contributed by atoms with Crippen molar-refractivity contribution in [2.75, 3.05) is 7.11 Å². The van der Waals surface area contributed by atoms with Gasteiger partial charge in [-0.05, 0) is 80.9 Å². The Balaban J connectivity index is 1.88. The van der Waals surface area contributed by atoms with Crippen LogP contribution in [0.15, 0.2) is 24.3 Å². The Hall–Kier alpha value is -1.02. The molecule has 1 aromatic rings. The van der Waals surface area contributed by atoms with Crippen molar-refractivity contribution in [2.24, 2.45) is 17.8 Å². The van der Waals surface area contributed by atoms with Crippen LogP contribution in [0.3, 0.4) is 0 Å². The molecule has 0 N–H and O–H groups in total. The molecule has 2 aliphatic carbocycles. The quantitative estimate of drug-likeness (QED) is 0.568. The lowest BCUT2D eigenvalue weighted by Gasteiger charge is -2.57. The smallest absolute Gasteiger partial charge is 0.118 e. The third kappa shape index (κ3) is 4.27. The predicted octanol–water partition coefficient (Wildman–Crippen LogP) is 6.29. The molecule has 3 atom stereocenters. The van der Waals surface area contributed by atoms with Crippen molar-refractivity contribution in [3.63, 3.8) is 0 Å². The van der Waals surface area contributed by atoms with E-state index < -0.39 is 0 Å². The SMILES string of the molecule is CCCC(C)N(Cc1ccc(OC)cc1)C12CC(C)CC(CC(C)C1)C2. The third-order valence-corrected chi connectivity index (χ3v) is 6.96. The molecule has 0 heterocycles. The molecule has 0 amide bonds. The summed E-state index contributed by atoms with van der Waals surface area (Å²) in [6.45, 7) is 10.9. The molecule has 0 aromatic heterocycles. The highest BCUT2D eigenvalue weighted by atomic mass is 16.5. The van der Waals surface area contributed by atoms with Crippen LogP contribution < -0.4 is 4.74 Å². The summed E-state index contributed by atoms with van der Waals surface area (Å²) >= 11 is 0. The third-order valence-electron chi connectivity index (χ3n) is 6.96. The van der Waals surface area contributed by atoms with Gasteiger partial charge in [0.05, 0.1) is 7.11 Å². The van der Waals surface area contributed by atoms with E-state index in [0.717, 1.165) is 30.0 Å². The first-order valence-corrected chi connectivity index (χ1v) is 10.9. The number of hydrogen-bond acceptors (Lipinski definition) is 2. The number of benzene rings is 1. The minimum atomic E-state index is 0.411. The molecule has 0 aliphatic heterocycles. The lowest BCUT2D eigenvalue weighted by Crippen LogP contribution is -2.58. The van der Waals surface area contributed by atoms with Crippen LogP contribution in [0.2, 0.25) is 0 Å². The largest absolute Gasteiger partial charge is 0.497 e. The number of methoxy groups -OCH3 is 1. The molecule has 2 nitrogen and oxygen atoms in total. The minimum Gasteiger partial charge on any atom is -0.497 e. The Morgan fingerprint density at radius 2 is 1.69 bits per heavy atom. The Bertz CT molecular complexity index is 547. The zero-order valence-corrected chi connectivity index (χ0v) is 17.6. The van der Waals surface area contributed by atoms with Crippen molar-refractivity contribution in [1.82, 2.24) is 4.90 Å². The monoisotopic (exact) mass is 357 g/mol. The van der Waals surface area contributed by atoms with E-state index in [1.54, 1.807) is 7.11 Å². The highest BCUT2D eigenvalue weighted by Crippen LogP contribution is 2.51. The molecular formula is C24H39NO. The Labute approximate surface area is 161 Å². The van der Waals surface area contributed by atoms with E-state index in [1.807, 2.05) is 0 Å². The van der Waals surface area contributed by atoms with Crippen LogP contribution in [-0.2, 0) is 6.54 Å². The average molecular weight is 358 g/mol. The second-order valence-corrected chi connectivity index (χ2v) is 9.50. The minimum absolute atomic E-state index is 0.411. The highest BCUT2D eigenvalue weighted by Gasteiger charge is 2.48. The van der Waals surface area contributed by atoms with Gasteiger partial charge in [0.1, 0.15) is 5.75 Å². The summed E-state index contributed by atoms with van der Waals surface area (Å²) in [7, 11) is 1.75. The van der Waals surface area contributed by atoms with Gasteiger partial charge in [-0.3, -0.25) is 4.90 Å². The average Bonchev–Trinajstić information content (AvgIpc) is 2.58. The molecular weight excluding hydrogens is 318 g/mol. The van der Waals surface area contributed by atoms with Gasteiger partial charge in [0, 0.05) is 18.1 Å². The van der Waals surface area contributed by atoms with E-state index >= 15 is 0 Å². The zero-order chi connectivity index (χ0) is 18.7. The summed E-state index contributed by atoms with van der Waals surface area (Å²) in [6.07, 6.45) is 9.66. The lowest BCUT2D eigenvalue weighted by atomic mass is 9.60. The first kappa shape index (κ1) is 19.7. The van der Waals surface area contributed by atoms with E-state index in [1.165, 1.54) is 50.5 Å². The van der Waals surface area contributed by atoms with Gasteiger partial charge in [-0.1, -0.05) is 39.3 Å². The van der Waals surface area contributed by atoms with Gasteiger partial charge >= 0.3 is 0 Å². The predicted molar refractivity (Wildman–Crippen MR) is 111 cm³/mol. The topological polar surface area (TPSA) is 12.5 Å². The van der Waals surface area contributed by atoms with Crippen LogP contribution in [-0.4, -0.2) is 23.6 Å². The molecule has 2 fully saturated rings. The van der Waals surface area contributed by atoms with Crippen molar-refractivity contribution in [3.05, 3.63) is 29.8 Å². The van der Waals surface area contributed by atoms with Crippen LogP contribution >= 0.6 is 0 Å². The standard InChI is InChI=1S/C24H39NO/c1-6-7-20(4)25(17-21-8-10-23(26-5)11-9-21)24-14-18(2)12-22(16-24)13-19(3)15-24/h8-11,18-20,22H,6-7,12-17H2,1-5H3. The van der Waals surface area contributed by atoms with Gasteiger partial charge in [-0.15, -0.1) is 0 Å². The molecule has 2 bridgehead atoms. The molecule has 26 heavy (non-hydrogen) atoms. The maximum atomic E-state index is 5.36. The fraction of sp³-hybridized carbons (Fsp3) is 0.750. The first-order chi connectivity index (χ1) is 12.5. The van der Waals surface area contributed by atoms with E-state index in [9.17, 15) is 0 Å². The molecule has 146 valence electrons. The Morgan fingerprint density at radius 1 is 1.08 bits per heavy atom. The molecule has 2 heteroatoms. The summed E-state index contributed by atoms with van der Waals surface area (Å²) < 4.78 is 5.36. The molecule has 0 spiro atoms. The van der Waals surface area contributed by atoms with Gasteiger partial charge in [-0.2, -0.15) is 0 Å². The molecule has 2 aliphatic rings. The number of nitrogens with zero attached hydrogens (tertiary/aromatic N) is 1. The number of fused-ring (bicyclic) bond motifs is 2. The summed E-state index contributed by atoms with van der Waals surface area (Å²) in [6, 6.07) is 9.41. The summed E-state index contributed by atoms with van der Waals surface area (Å²) in [5.74, 6) is 3.63. The van der Waals surface area contributed by atoms with E-state index in [0.29, 0.717) is 11.6 Å². The van der Waals surface area contributed by atoms with Gasteiger partial charge in [-0.25, -0.2) is 0 Å². The van der Waals surface area contributed by atoms with Gasteiger partial charge < -0.3 is 4.74 Å². The summed E-state index contributed by atoms with van der Waals surface area (Å²) in [4.78, 5) is 2.91. The summed E-state index contributed by atoms with van der Waals surface area (Å²) in [5, 5.41) is 0. The zero-order valence-electron chi connectivity index (χ0n) is 17.6. The molecule has 3 rings (SSSR count). The van der Waals surface area contributed by atoms with Crippen molar-refractivity contribution < 1.29 is 4.74 Å². The van der Waals surface area contributed by atoms with E-state index in [2.05, 4.69) is 56.9 Å². The molecule has 1 aromatic carbocycles. The van der Waals surface area contributed by atoms with Gasteiger partial charge in [0.15, 0.2) is 0 Å². The number of rotatable bonds is 7. The maximum Gasteiger partial charge on any atom is 0.118 e. The molecule has 2 saturated carbocycles. The Kier molecular flexibility index (Phi) is 6.33. The number of ether oxygens (including phenoxy) is 1. The van der Waals surface area contributed by atoms with E-state index in [4.69, 9.17) is 4.74 Å². The van der Waals surface area contributed by atoms with Crippen LogP contribution in [0.4, 0.5) is 0 Å². The van der Waals surface area contributed by atoms with E-state index in [-0.39, 0.29) is 0 Å². The van der Waals surface area contributed by atoms with Crippen molar-refractivity contribution in [1.29, 1.82) is 0 Å². The maximum absolute atomic E-state index is 5.36. The number of hydrogen-bond donors (Lipinski definition) is 0. The second kappa shape index (κ2) is 8.33. The normalized spacial score (nSPS) is 32.5. The van der Waals surface area contributed by atoms with Crippen LogP contribution in [0, 0.1) is 17.8 Å². The van der Waals surface area contributed by atoms with Crippen molar-refractivity contribution in [2.45, 2.75) is 90.8 Å². The van der Waals surface area contributed by atoms with Gasteiger partial charge in [0.25, 0.3) is 0 Å². The van der Waals surface area contributed by atoms with Crippen LogP contribution in [0.25, 0.3) is 0 Å². The molecule has 3 unspecified atom stereocenters. The van der Waals surface area contributed by atoms with Crippen LogP contribution in [0.1, 0.15) is 78.2 Å². The fourth-order valence-corrected chi connectivity index (χ4v) is 6.30. The summed E-state index contributed by atoms with van der Waals surface area (Å²) in [5.41, 5.74) is 1.84. The Morgan fingerprint density at radius 3 is 2.23 bits per heavy atom. The van der Waals surface area contributed by atoms with Crippen LogP contribution in [0.5, 0.6) is 5.75 Å². The lowest BCUT2D eigenvalue weighted by molar-refractivity contribution is -0.0656. The highest BCUT2D eigenvalue weighted by molar-refractivity contribution is 5.27.